The molecule has 0 radical (unpaired) electrons. The highest BCUT2D eigenvalue weighted by Gasteiger charge is 2.21. The lowest BCUT2D eigenvalue weighted by Gasteiger charge is -2.09. The number of carboxylic acids is 1. The Bertz CT molecular complexity index is 700. The molecule has 0 amide bonds. The lowest BCUT2D eigenvalue weighted by atomic mass is 10.2. The second-order valence-corrected chi connectivity index (χ2v) is 5.57. The maximum absolute atomic E-state index is 10.5. The second-order valence-electron chi connectivity index (χ2n) is 5.57. The summed E-state index contributed by atoms with van der Waals surface area (Å²) in [4.78, 5) is 10.5. The van der Waals surface area contributed by atoms with Crippen LogP contribution in [-0.2, 0) is 4.79 Å². The summed E-state index contributed by atoms with van der Waals surface area (Å²) in [6.07, 6.45) is 5.17. The van der Waals surface area contributed by atoms with E-state index in [0.717, 1.165) is 24.0 Å². The fourth-order valence-electron chi connectivity index (χ4n) is 2.08. The van der Waals surface area contributed by atoms with E-state index in [1.54, 1.807) is 18.2 Å². The van der Waals surface area contributed by atoms with Gasteiger partial charge < -0.3 is 14.6 Å². The number of benzene rings is 2. The minimum absolute atomic E-state index is 0.691. The summed E-state index contributed by atoms with van der Waals surface area (Å²) in [5.41, 5.74) is 0.807. The Hall–Kier alpha value is -2.75. The molecule has 0 atom stereocenters. The van der Waals surface area contributed by atoms with Gasteiger partial charge in [0.2, 0.25) is 0 Å². The maximum Gasteiger partial charge on any atom is 0.328 e. The molecule has 0 aromatic heterocycles. The predicted octanol–water partition coefficient (Wildman–Crippen LogP) is 4.37. The van der Waals surface area contributed by atoms with E-state index >= 15 is 0 Å². The van der Waals surface area contributed by atoms with E-state index in [1.165, 1.54) is 12.8 Å². The Morgan fingerprint density at radius 1 is 1.09 bits per heavy atom. The predicted molar refractivity (Wildman–Crippen MR) is 87.8 cm³/mol. The van der Waals surface area contributed by atoms with E-state index in [-0.39, 0.29) is 0 Å². The molecule has 1 fully saturated rings. The van der Waals surface area contributed by atoms with Crippen LogP contribution >= 0.6 is 0 Å². The summed E-state index contributed by atoms with van der Waals surface area (Å²) in [6.45, 7) is 0.772. The van der Waals surface area contributed by atoms with Crippen LogP contribution in [0.5, 0.6) is 17.2 Å². The fourth-order valence-corrected chi connectivity index (χ4v) is 2.08. The molecule has 0 spiro atoms. The molecular weight excluding hydrogens is 292 g/mol. The normalized spacial score (nSPS) is 13.9. The topological polar surface area (TPSA) is 55.8 Å². The number of carboxylic acid groups (broad SMARTS) is 1. The van der Waals surface area contributed by atoms with Crippen molar-refractivity contribution in [2.45, 2.75) is 12.8 Å². The van der Waals surface area contributed by atoms with Crippen molar-refractivity contribution in [3.05, 3.63) is 60.2 Å². The molecule has 4 heteroatoms. The smallest absolute Gasteiger partial charge is 0.328 e. The molecule has 2 aromatic rings. The Labute approximate surface area is 135 Å². The molecular formula is C19H18O4. The zero-order valence-electron chi connectivity index (χ0n) is 12.6. The van der Waals surface area contributed by atoms with Gasteiger partial charge in [0, 0.05) is 12.1 Å². The van der Waals surface area contributed by atoms with Gasteiger partial charge in [-0.15, -0.1) is 0 Å². The Balaban J connectivity index is 1.61. The summed E-state index contributed by atoms with van der Waals surface area (Å²) in [5.74, 6) is 1.97. The Morgan fingerprint density at radius 2 is 1.83 bits per heavy atom. The zero-order chi connectivity index (χ0) is 16.1. The van der Waals surface area contributed by atoms with Crippen LogP contribution in [0.1, 0.15) is 18.4 Å². The third-order valence-electron chi connectivity index (χ3n) is 3.52. The molecule has 3 rings (SSSR count). The van der Waals surface area contributed by atoms with Crippen molar-refractivity contribution < 1.29 is 19.4 Å². The quantitative estimate of drug-likeness (QED) is 0.772. The number of rotatable bonds is 7. The summed E-state index contributed by atoms with van der Waals surface area (Å²) < 4.78 is 11.5. The van der Waals surface area contributed by atoms with Crippen molar-refractivity contribution in [1.29, 1.82) is 0 Å². The molecule has 0 saturated heterocycles. The van der Waals surface area contributed by atoms with Gasteiger partial charge in [0.1, 0.15) is 17.2 Å². The average Bonchev–Trinajstić information content (AvgIpc) is 3.37. The summed E-state index contributed by atoms with van der Waals surface area (Å²) >= 11 is 0. The highest BCUT2D eigenvalue weighted by atomic mass is 16.5. The number of hydrogen-bond donors (Lipinski definition) is 1. The molecule has 0 unspecified atom stereocenters. The largest absolute Gasteiger partial charge is 0.493 e. The van der Waals surface area contributed by atoms with Crippen molar-refractivity contribution in [3.8, 4) is 17.2 Å². The van der Waals surface area contributed by atoms with Gasteiger partial charge in [-0.1, -0.05) is 18.2 Å². The highest BCUT2D eigenvalue weighted by molar-refractivity contribution is 5.85. The van der Waals surface area contributed by atoms with Crippen molar-refractivity contribution in [2.75, 3.05) is 6.61 Å². The summed E-state index contributed by atoms with van der Waals surface area (Å²) in [7, 11) is 0. The molecule has 1 N–H and O–H groups in total. The number of hydrogen-bond acceptors (Lipinski definition) is 3. The molecule has 1 aliphatic rings. The number of carbonyl (C=O) groups is 1. The summed E-state index contributed by atoms with van der Waals surface area (Å²) in [5, 5.41) is 8.61. The molecule has 0 aliphatic heterocycles. The monoisotopic (exact) mass is 310 g/mol. The first-order valence-corrected chi connectivity index (χ1v) is 7.61. The van der Waals surface area contributed by atoms with Crippen LogP contribution in [0.15, 0.2) is 54.6 Å². The first-order chi connectivity index (χ1) is 11.2. The Morgan fingerprint density at radius 3 is 2.52 bits per heavy atom. The van der Waals surface area contributed by atoms with E-state index in [4.69, 9.17) is 14.6 Å². The zero-order valence-corrected chi connectivity index (χ0v) is 12.6. The van der Waals surface area contributed by atoms with Gasteiger partial charge in [0.05, 0.1) is 6.61 Å². The van der Waals surface area contributed by atoms with E-state index in [9.17, 15) is 4.79 Å². The first kappa shape index (κ1) is 15.2. The van der Waals surface area contributed by atoms with Crippen LogP contribution in [0.3, 0.4) is 0 Å². The van der Waals surface area contributed by atoms with Crippen LogP contribution in [0.4, 0.5) is 0 Å². The van der Waals surface area contributed by atoms with Gasteiger partial charge in [0.25, 0.3) is 0 Å². The average molecular weight is 310 g/mol. The van der Waals surface area contributed by atoms with Gasteiger partial charge in [-0.2, -0.15) is 0 Å². The number of aliphatic carboxylic acids is 1. The van der Waals surface area contributed by atoms with E-state index in [1.807, 2.05) is 36.4 Å². The molecule has 118 valence electrons. The molecule has 0 heterocycles. The van der Waals surface area contributed by atoms with Gasteiger partial charge in [-0.3, -0.25) is 0 Å². The molecule has 1 saturated carbocycles. The number of ether oxygens (including phenoxy) is 2. The molecule has 1 aliphatic carbocycles. The van der Waals surface area contributed by atoms with Crippen molar-refractivity contribution in [1.82, 2.24) is 0 Å². The van der Waals surface area contributed by atoms with Crippen LogP contribution in [0, 0.1) is 5.92 Å². The maximum atomic E-state index is 10.5. The van der Waals surface area contributed by atoms with E-state index < -0.39 is 5.97 Å². The highest BCUT2D eigenvalue weighted by Crippen LogP contribution is 2.31. The second kappa shape index (κ2) is 7.01. The van der Waals surface area contributed by atoms with Gasteiger partial charge in [-0.05, 0) is 54.7 Å². The van der Waals surface area contributed by atoms with E-state index in [2.05, 4.69) is 0 Å². The van der Waals surface area contributed by atoms with Crippen molar-refractivity contribution in [2.24, 2.45) is 5.92 Å². The lowest BCUT2D eigenvalue weighted by Crippen LogP contribution is -1.98. The standard InChI is InChI=1S/C19H18O4/c20-19(21)11-8-14-6-9-16(10-7-14)23-18-3-1-2-17(12-18)22-13-15-4-5-15/h1-3,6-12,15H,4-5,13H2,(H,20,21)/b11-8+. The third-order valence-corrected chi connectivity index (χ3v) is 3.52. The van der Waals surface area contributed by atoms with Crippen LogP contribution < -0.4 is 9.47 Å². The van der Waals surface area contributed by atoms with Crippen LogP contribution in [-0.4, -0.2) is 17.7 Å². The minimum Gasteiger partial charge on any atom is -0.493 e. The van der Waals surface area contributed by atoms with Gasteiger partial charge in [0.15, 0.2) is 0 Å². The molecule has 23 heavy (non-hydrogen) atoms. The van der Waals surface area contributed by atoms with Gasteiger partial charge >= 0.3 is 5.97 Å². The molecule has 0 bridgehead atoms. The molecule has 2 aromatic carbocycles. The lowest BCUT2D eigenvalue weighted by molar-refractivity contribution is -0.131. The first-order valence-electron chi connectivity index (χ1n) is 7.61. The SMILES string of the molecule is O=C(O)/C=C/c1ccc(Oc2cccc(OCC3CC3)c2)cc1. The minimum atomic E-state index is -0.965. The summed E-state index contributed by atoms with van der Waals surface area (Å²) in [6, 6.07) is 14.8. The van der Waals surface area contributed by atoms with Crippen molar-refractivity contribution in [3.63, 3.8) is 0 Å². The Kier molecular flexibility index (Phi) is 4.62. The van der Waals surface area contributed by atoms with Crippen LogP contribution in [0.2, 0.25) is 0 Å². The fraction of sp³-hybridized carbons (Fsp3) is 0.211. The van der Waals surface area contributed by atoms with Crippen LogP contribution in [0.25, 0.3) is 6.08 Å². The van der Waals surface area contributed by atoms with Gasteiger partial charge in [-0.25, -0.2) is 4.79 Å². The van der Waals surface area contributed by atoms with E-state index in [0.29, 0.717) is 17.4 Å². The van der Waals surface area contributed by atoms with Crippen molar-refractivity contribution >= 4 is 12.0 Å². The third kappa shape index (κ3) is 4.88. The molecule has 4 nitrogen and oxygen atoms in total.